The largest absolute Gasteiger partial charge is 0.446 e. The Hall–Kier alpha value is -2.89. The first-order valence-corrected chi connectivity index (χ1v) is 11.1. The Labute approximate surface area is 189 Å². The Balaban J connectivity index is 1.60. The van der Waals surface area contributed by atoms with Gasteiger partial charge < -0.3 is 15.1 Å². The molecule has 3 aromatic rings. The van der Waals surface area contributed by atoms with Gasteiger partial charge in [-0.25, -0.2) is 13.4 Å². The summed E-state index contributed by atoms with van der Waals surface area (Å²) in [6.45, 7) is 0.203. The van der Waals surface area contributed by atoms with Crippen LogP contribution >= 0.6 is 23.2 Å². The molecule has 0 saturated carbocycles. The highest BCUT2D eigenvalue weighted by molar-refractivity contribution is 7.93. The van der Waals surface area contributed by atoms with Crippen molar-refractivity contribution in [2.75, 3.05) is 16.3 Å². The lowest BCUT2D eigenvalue weighted by molar-refractivity contribution is -0.137. The van der Waals surface area contributed by atoms with E-state index < -0.39 is 36.7 Å². The zero-order chi connectivity index (χ0) is 23.3. The molecule has 4 rings (SSSR count). The summed E-state index contributed by atoms with van der Waals surface area (Å²) in [5.74, 6) is 0.417. The average molecular weight is 505 g/mol. The molecule has 1 aromatic heterocycles. The van der Waals surface area contributed by atoms with Crippen molar-refractivity contribution in [2.24, 2.45) is 10.7 Å². The minimum absolute atomic E-state index is 0.136. The van der Waals surface area contributed by atoms with Crippen LogP contribution in [0.3, 0.4) is 0 Å². The molecule has 0 amide bonds. The highest BCUT2D eigenvalue weighted by Gasteiger charge is 2.34. The molecule has 1 aliphatic rings. The SMILES string of the molecule is NC1=c2ccoc2=NCN1c1ccc(NS(=O)(=O)c2c(Cl)cc(C(F)(F)F)cc2Cl)cc1. The second-order valence-electron chi connectivity index (χ2n) is 6.67. The molecule has 0 radical (unpaired) electrons. The maximum Gasteiger partial charge on any atom is 0.416 e. The predicted molar refractivity (Wildman–Crippen MR) is 113 cm³/mol. The minimum Gasteiger partial charge on any atom is -0.446 e. The van der Waals surface area contributed by atoms with Crippen molar-refractivity contribution in [1.82, 2.24) is 0 Å². The van der Waals surface area contributed by atoms with Crippen LogP contribution in [0.1, 0.15) is 5.56 Å². The van der Waals surface area contributed by atoms with E-state index in [0.29, 0.717) is 34.4 Å². The Bertz CT molecular complexity index is 1400. The van der Waals surface area contributed by atoms with Crippen LogP contribution in [0.2, 0.25) is 10.0 Å². The molecule has 0 fully saturated rings. The highest BCUT2D eigenvalue weighted by Crippen LogP contribution is 2.38. The Morgan fingerprint density at radius 1 is 1.09 bits per heavy atom. The van der Waals surface area contributed by atoms with Crippen LogP contribution < -0.4 is 26.1 Å². The van der Waals surface area contributed by atoms with Gasteiger partial charge in [0.25, 0.3) is 10.0 Å². The number of fused-ring (bicyclic) bond motifs is 1. The van der Waals surface area contributed by atoms with Crippen molar-refractivity contribution >= 4 is 50.4 Å². The minimum atomic E-state index is -4.73. The van der Waals surface area contributed by atoms with Gasteiger partial charge in [0.2, 0.25) is 5.55 Å². The van der Waals surface area contributed by atoms with Gasteiger partial charge in [0.05, 0.1) is 27.1 Å². The maximum atomic E-state index is 12.9. The monoisotopic (exact) mass is 504 g/mol. The number of nitrogens with two attached hydrogens (primary N) is 1. The van der Waals surface area contributed by atoms with Crippen LogP contribution in [0.25, 0.3) is 5.82 Å². The van der Waals surface area contributed by atoms with Gasteiger partial charge in [0.1, 0.15) is 17.4 Å². The third kappa shape index (κ3) is 4.10. The number of benzene rings is 2. The number of rotatable bonds is 4. The van der Waals surface area contributed by atoms with Gasteiger partial charge in [0, 0.05) is 11.4 Å². The van der Waals surface area contributed by atoms with Gasteiger partial charge in [-0.1, -0.05) is 23.2 Å². The fourth-order valence-corrected chi connectivity index (χ4v) is 5.37. The number of nitrogens with one attached hydrogen (secondary N) is 1. The summed E-state index contributed by atoms with van der Waals surface area (Å²) in [5.41, 5.74) is 6.20. The van der Waals surface area contributed by atoms with E-state index in [9.17, 15) is 21.6 Å². The molecule has 168 valence electrons. The average Bonchev–Trinajstić information content (AvgIpc) is 3.17. The Kier molecular flexibility index (Phi) is 5.51. The molecular weight excluding hydrogens is 492 g/mol. The van der Waals surface area contributed by atoms with Crippen LogP contribution in [0.5, 0.6) is 0 Å². The van der Waals surface area contributed by atoms with E-state index in [4.69, 9.17) is 33.4 Å². The number of alkyl halides is 3. The lowest BCUT2D eigenvalue weighted by Gasteiger charge is -2.24. The second kappa shape index (κ2) is 7.91. The molecule has 3 N–H and O–H groups in total. The molecular formula is C19H13Cl2F3N4O3S. The molecule has 0 spiro atoms. The second-order valence-corrected chi connectivity index (χ2v) is 9.11. The molecule has 0 atom stereocenters. The quantitative estimate of drug-likeness (QED) is 0.565. The first kappa shape index (κ1) is 22.3. The zero-order valence-electron chi connectivity index (χ0n) is 15.8. The zero-order valence-corrected chi connectivity index (χ0v) is 18.1. The van der Waals surface area contributed by atoms with Crippen LogP contribution in [0.4, 0.5) is 24.5 Å². The number of halogens is 5. The maximum absolute atomic E-state index is 12.9. The van der Waals surface area contributed by atoms with Gasteiger partial charge >= 0.3 is 6.18 Å². The van der Waals surface area contributed by atoms with E-state index in [-0.39, 0.29) is 12.4 Å². The molecule has 7 nitrogen and oxygen atoms in total. The van der Waals surface area contributed by atoms with Crippen LogP contribution in [0, 0.1) is 0 Å². The molecule has 1 aliphatic heterocycles. The predicted octanol–water partition coefficient (Wildman–Crippen LogP) is 3.53. The third-order valence-electron chi connectivity index (χ3n) is 4.59. The van der Waals surface area contributed by atoms with E-state index in [1.54, 1.807) is 23.1 Å². The van der Waals surface area contributed by atoms with Crippen molar-refractivity contribution in [3.63, 3.8) is 0 Å². The Morgan fingerprint density at radius 3 is 2.31 bits per heavy atom. The van der Waals surface area contributed by atoms with Crippen molar-refractivity contribution in [2.45, 2.75) is 11.1 Å². The van der Waals surface area contributed by atoms with Crippen LogP contribution in [-0.2, 0) is 16.2 Å². The van der Waals surface area contributed by atoms with Crippen molar-refractivity contribution in [3.05, 3.63) is 75.1 Å². The van der Waals surface area contributed by atoms with Gasteiger partial charge in [-0.2, -0.15) is 13.2 Å². The van der Waals surface area contributed by atoms with E-state index in [1.807, 2.05) is 0 Å². The Morgan fingerprint density at radius 2 is 1.72 bits per heavy atom. The van der Waals surface area contributed by atoms with Crippen LogP contribution in [-0.4, -0.2) is 15.1 Å². The molecule has 2 aromatic carbocycles. The van der Waals surface area contributed by atoms with Crippen molar-refractivity contribution < 1.29 is 26.0 Å². The molecule has 2 heterocycles. The van der Waals surface area contributed by atoms with E-state index in [1.165, 1.54) is 18.4 Å². The lowest BCUT2D eigenvalue weighted by Crippen LogP contribution is -2.42. The summed E-state index contributed by atoms with van der Waals surface area (Å²) < 4.78 is 71.6. The highest BCUT2D eigenvalue weighted by atomic mass is 35.5. The molecule has 32 heavy (non-hydrogen) atoms. The van der Waals surface area contributed by atoms with Gasteiger partial charge in [-0.15, -0.1) is 0 Å². The van der Waals surface area contributed by atoms with Gasteiger partial charge in [0.15, 0.2) is 0 Å². The third-order valence-corrected chi connectivity index (χ3v) is 6.89. The molecule has 0 unspecified atom stereocenters. The summed E-state index contributed by atoms with van der Waals surface area (Å²) in [7, 11) is -4.37. The van der Waals surface area contributed by atoms with E-state index in [2.05, 4.69) is 9.71 Å². The fraction of sp³-hybridized carbons (Fsp3) is 0.105. The summed E-state index contributed by atoms with van der Waals surface area (Å²) >= 11 is 11.6. The van der Waals surface area contributed by atoms with Crippen molar-refractivity contribution in [1.29, 1.82) is 0 Å². The number of nitrogens with zero attached hydrogens (tertiary/aromatic N) is 2. The first-order valence-electron chi connectivity index (χ1n) is 8.82. The summed E-state index contributed by atoms with van der Waals surface area (Å²) in [5, 5.41) is -0.669. The molecule has 13 heteroatoms. The fourth-order valence-electron chi connectivity index (χ4n) is 3.09. The number of hydrogen-bond acceptors (Lipinski definition) is 6. The topological polar surface area (TPSA) is 101 Å². The van der Waals surface area contributed by atoms with E-state index in [0.717, 1.165) is 0 Å². The van der Waals surface area contributed by atoms with E-state index >= 15 is 0 Å². The van der Waals surface area contributed by atoms with Gasteiger partial charge in [-0.05, 0) is 42.5 Å². The van der Waals surface area contributed by atoms with Gasteiger partial charge in [-0.3, -0.25) is 4.72 Å². The summed E-state index contributed by atoms with van der Waals surface area (Å²) in [6.07, 6.45) is -3.25. The number of sulfonamides is 1. The number of hydrogen-bond donors (Lipinski definition) is 2. The lowest BCUT2D eigenvalue weighted by atomic mass is 10.2. The summed E-state index contributed by atoms with van der Waals surface area (Å²) in [6, 6.07) is 8.80. The van der Waals surface area contributed by atoms with Crippen molar-refractivity contribution in [3.8, 4) is 0 Å². The number of anilines is 2. The standard InChI is InChI=1S/C19H13Cl2F3N4O3S/c20-14-7-10(19(22,23)24)8-15(21)16(14)32(29,30)27-11-1-3-12(4-2-11)28-9-26-18-13(17(28)25)5-6-31-18/h1-8,27H,9,25H2. The molecule has 0 aliphatic carbocycles. The first-order chi connectivity index (χ1) is 15.0. The smallest absolute Gasteiger partial charge is 0.416 e. The molecule has 0 bridgehead atoms. The molecule has 0 saturated heterocycles. The summed E-state index contributed by atoms with van der Waals surface area (Å²) in [4.78, 5) is 5.30. The number of furan rings is 1. The normalized spacial score (nSPS) is 14.2. The van der Waals surface area contributed by atoms with Crippen LogP contribution in [0.15, 0.2) is 63.0 Å².